The Morgan fingerprint density at radius 3 is 2.68 bits per heavy atom. The first kappa shape index (κ1) is 25.7. The van der Waals surface area contributed by atoms with E-state index in [0.29, 0.717) is 21.2 Å². The van der Waals surface area contributed by atoms with Gasteiger partial charge in [-0.15, -0.1) is 0 Å². The van der Waals surface area contributed by atoms with Crippen LogP contribution in [0.15, 0.2) is 28.1 Å². The summed E-state index contributed by atoms with van der Waals surface area (Å²) in [5, 5.41) is 14.6. The molecule has 3 N–H and O–H groups in total. The van der Waals surface area contributed by atoms with E-state index in [1.807, 2.05) is 5.01 Å². The molecule has 9 nitrogen and oxygen atoms in total. The Balaban J connectivity index is 1.85. The van der Waals surface area contributed by atoms with Gasteiger partial charge in [0.25, 0.3) is 5.91 Å². The largest absolute Gasteiger partial charge is 0.480 e. The topological polar surface area (TPSA) is 120 Å². The quantitative estimate of drug-likeness (QED) is 0.536. The number of aliphatic carboxylic acids is 1. The highest BCUT2D eigenvalue weighted by Gasteiger charge is 2.37. The predicted octanol–water partition coefficient (Wildman–Crippen LogP) is 3.31. The van der Waals surface area contributed by atoms with Gasteiger partial charge in [0.1, 0.15) is 17.0 Å². The smallest absolute Gasteiger partial charge is 0.408 e. The number of nitrogens with one attached hydrogen (secondary N) is 2. The SMILES string of the molecule is CC(C)(C)OC(=O)NC(C)(Cc1cc(F)ccc1/C=C1/SC(N2CCCCN2)=NC1=O)C(=O)O. The molecule has 3 rings (SSSR count). The van der Waals surface area contributed by atoms with Crippen LogP contribution in [-0.2, 0) is 20.7 Å². The fraction of sp³-hybridized carbons (Fsp3) is 0.478. The summed E-state index contributed by atoms with van der Waals surface area (Å²) in [5.74, 6) is -2.30. The molecule has 2 amide bonds. The van der Waals surface area contributed by atoms with Gasteiger partial charge in [-0.05, 0) is 81.6 Å². The molecule has 1 fully saturated rings. The molecule has 1 aromatic carbocycles. The summed E-state index contributed by atoms with van der Waals surface area (Å²) in [4.78, 5) is 41.3. The summed E-state index contributed by atoms with van der Waals surface area (Å²) in [6, 6.07) is 3.90. The minimum absolute atomic E-state index is 0.237. The van der Waals surface area contributed by atoms with E-state index in [9.17, 15) is 23.9 Å². The van der Waals surface area contributed by atoms with Crippen LogP contribution in [0.5, 0.6) is 0 Å². The third-order valence-corrected chi connectivity index (χ3v) is 6.14. The number of ether oxygens (including phenoxy) is 1. The van der Waals surface area contributed by atoms with Crippen LogP contribution in [0, 0.1) is 5.82 Å². The summed E-state index contributed by atoms with van der Waals surface area (Å²) >= 11 is 1.20. The first-order valence-corrected chi connectivity index (χ1v) is 11.7. The number of thioether (sulfide) groups is 1. The number of rotatable bonds is 5. The first-order chi connectivity index (χ1) is 15.9. The molecule has 2 heterocycles. The van der Waals surface area contributed by atoms with Crippen LogP contribution in [0.25, 0.3) is 6.08 Å². The molecule has 1 atom stereocenters. The number of carboxylic acids is 1. The Bertz CT molecular complexity index is 1050. The van der Waals surface area contributed by atoms with Crippen molar-refractivity contribution < 1.29 is 28.6 Å². The van der Waals surface area contributed by atoms with Gasteiger partial charge in [-0.3, -0.25) is 9.80 Å². The lowest BCUT2D eigenvalue weighted by molar-refractivity contribution is -0.144. The number of hydrogen-bond donors (Lipinski definition) is 3. The zero-order valence-electron chi connectivity index (χ0n) is 19.6. The van der Waals surface area contributed by atoms with Crippen molar-refractivity contribution in [3.8, 4) is 0 Å². The molecule has 2 aliphatic heterocycles. The van der Waals surface area contributed by atoms with Gasteiger partial charge in [-0.2, -0.15) is 4.99 Å². The number of hydrazine groups is 1. The molecule has 0 aromatic heterocycles. The molecular weight excluding hydrogens is 463 g/mol. The van der Waals surface area contributed by atoms with Gasteiger partial charge in [0, 0.05) is 19.5 Å². The Hall–Kier alpha value is -2.92. The van der Waals surface area contributed by atoms with Crippen molar-refractivity contribution in [1.29, 1.82) is 0 Å². The van der Waals surface area contributed by atoms with Crippen molar-refractivity contribution in [2.24, 2.45) is 4.99 Å². The normalized spacial score (nSPS) is 19.6. The van der Waals surface area contributed by atoms with Crippen molar-refractivity contribution >= 4 is 41.0 Å². The van der Waals surface area contributed by atoms with E-state index in [1.165, 1.54) is 36.9 Å². The number of hydrogen-bond acceptors (Lipinski definition) is 7. The number of carboxylic acid groups (broad SMARTS) is 1. The molecule has 1 aromatic rings. The van der Waals surface area contributed by atoms with Gasteiger partial charge in [-0.1, -0.05) is 6.07 Å². The highest BCUT2D eigenvalue weighted by Crippen LogP contribution is 2.32. The second kappa shape index (κ2) is 10.1. The number of carbonyl (C=O) groups is 3. The zero-order valence-corrected chi connectivity index (χ0v) is 20.4. The maximum Gasteiger partial charge on any atom is 0.408 e. The maximum atomic E-state index is 14.1. The Labute approximate surface area is 201 Å². The number of amides is 2. The van der Waals surface area contributed by atoms with Gasteiger partial charge >= 0.3 is 12.1 Å². The first-order valence-electron chi connectivity index (χ1n) is 10.9. The number of alkyl carbamates (subject to hydrolysis) is 1. The fourth-order valence-electron chi connectivity index (χ4n) is 3.46. The second-order valence-electron chi connectivity index (χ2n) is 9.36. The number of carbonyl (C=O) groups excluding carboxylic acids is 2. The molecule has 34 heavy (non-hydrogen) atoms. The lowest BCUT2D eigenvalue weighted by Gasteiger charge is -2.29. The molecular formula is C23H29FN4O5S. The number of halogens is 1. The molecule has 1 saturated heterocycles. The molecule has 0 bridgehead atoms. The Morgan fingerprint density at radius 2 is 2.06 bits per heavy atom. The molecule has 0 saturated carbocycles. The lowest BCUT2D eigenvalue weighted by Crippen LogP contribution is -2.55. The Kier molecular flexibility index (Phi) is 7.67. The van der Waals surface area contributed by atoms with Gasteiger partial charge in [0.2, 0.25) is 0 Å². The van der Waals surface area contributed by atoms with Crippen LogP contribution in [0.3, 0.4) is 0 Å². The van der Waals surface area contributed by atoms with E-state index in [-0.39, 0.29) is 6.42 Å². The molecule has 0 aliphatic carbocycles. The van der Waals surface area contributed by atoms with E-state index in [2.05, 4.69) is 15.7 Å². The number of aliphatic imine (C=N–C) groups is 1. The van der Waals surface area contributed by atoms with Crippen LogP contribution in [0.4, 0.5) is 9.18 Å². The van der Waals surface area contributed by atoms with Gasteiger partial charge < -0.3 is 15.2 Å². The standard InChI is InChI=1S/C23H29FN4O5S/c1-22(2,3)33-21(32)27-23(4,19(30)31)13-15-11-16(24)8-7-14(15)12-17-18(29)26-20(34-17)28-10-6-5-9-25-28/h7-8,11-12,25H,5-6,9-10,13H2,1-4H3,(H,27,32)(H,30,31)/b17-12+. The van der Waals surface area contributed by atoms with Gasteiger partial charge in [-0.25, -0.2) is 19.4 Å². The van der Waals surface area contributed by atoms with Crippen molar-refractivity contribution in [3.63, 3.8) is 0 Å². The second-order valence-corrected chi connectivity index (χ2v) is 10.4. The Morgan fingerprint density at radius 1 is 1.32 bits per heavy atom. The summed E-state index contributed by atoms with van der Waals surface area (Å²) in [6.07, 6.45) is 2.46. The molecule has 0 spiro atoms. The van der Waals surface area contributed by atoms with Crippen LogP contribution in [0.2, 0.25) is 0 Å². The van der Waals surface area contributed by atoms with Crippen LogP contribution >= 0.6 is 11.8 Å². The van der Waals surface area contributed by atoms with Crippen molar-refractivity contribution in [1.82, 2.24) is 15.8 Å². The number of benzene rings is 1. The van der Waals surface area contributed by atoms with Crippen LogP contribution < -0.4 is 10.7 Å². The van der Waals surface area contributed by atoms with Crippen LogP contribution in [0.1, 0.15) is 51.7 Å². The molecule has 1 unspecified atom stereocenters. The summed E-state index contributed by atoms with van der Waals surface area (Å²) in [5.41, 5.74) is 1.36. The van der Waals surface area contributed by atoms with Crippen molar-refractivity contribution in [3.05, 3.63) is 40.0 Å². The zero-order chi connectivity index (χ0) is 25.1. The van der Waals surface area contributed by atoms with E-state index < -0.39 is 34.9 Å². The van der Waals surface area contributed by atoms with Crippen molar-refractivity contribution in [2.45, 2.75) is 58.1 Å². The summed E-state index contributed by atoms with van der Waals surface area (Å²) < 4.78 is 19.3. The van der Waals surface area contributed by atoms with E-state index in [1.54, 1.807) is 26.8 Å². The maximum absolute atomic E-state index is 14.1. The minimum atomic E-state index is -1.78. The van der Waals surface area contributed by atoms with Gasteiger partial charge in [0.15, 0.2) is 5.17 Å². The average Bonchev–Trinajstić information content (AvgIpc) is 3.09. The third kappa shape index (κ3) is 6.57. The highest BCUT2D eigenvalue weighted by atomic mass is 32.2. The average molecular weight is 493 g/mol. The number of amidine groups is 1. The van der Waals surface area contributed by atoms with E-state index in [4.69, 9.17) is 4.74 Å². The highest BCUT2D eigenvalue weighted by molar-refractivity contribution is 8.18. The molecule has 0 radical (unpaired) electrons. The van der Waals surface area contributed by atoms with Crippen LogP contribution in [-0.4, -0.2) is 57.5 Å². The van der Waals surface area contributed by atoms with E-state index in [0.717, 1.165) is 25.9 Å². The molecule has 11 heteroatoms. The van der Waals surface area contributed by atoms with Gasteiger partial charge in [0.05, 0.1) is 4.91 Å². The van der Waals surface area contributed by atoms with Crippen molar-refractivity contribution in [2.75, 3.05) is 13.1 Å². The summed E-state index contributed by atoms with van der Waals surface area (Å²) in [6.45, 7) is 7.84. The minimum Gasteiger partial charge on any atom is -0.480 e. The monoisotopic (exact) mass is 492 g/mol. The molecule has 2 aliphatic rings. The summed E-state index contributed by atoms with van der Waals surface area (Å²) in [7, 11) is 0. The van der Waals surface area contributed by atoms with E-state index >= 15 is 0 Å². The third-order valence-electron chi connectivity index (χ3n) is 5.14. The fourth-order valence-corrected chi connectivity index (χ4v) is 4.37. The number of nitrogens with zero attached hydrogens (tertiary/aromatic N) is 2. The lowest BCUT2D eigenvalue weighted by atomic mass is 9.90. The molecule has 184 valence electrons. The predicted molar refractivity (Wildman–Crippen MR) is 127 cm³/mol.